The second-order valence-electron chi connectivity index (χ2n) is 11.0. The smallest absolute Gasteiger partial charge is 0.140 e. The summed E-state index contributed by atoms with van der Waals surface area (Å²) < 4.78 is 5.94. The van der Waals surface area contributed by atoms with E-state index in [9.17, 15) is 4.79 Å². The first-order valence-corrected chi connectivity index (χ1v) is 13.6. The van der Waals surface area contributed by atoms with Crippen molar-refractivity contribution in [2.45, 2.75) is 63.7 Å². The highest BCUT2D eigenvalue weighted by Crippen LogP contribution is 2.47. The zero-order valence-corrected chi connectivity index (χ0v) is 21.4. The number of carbonyl (C=O) groups is 1. The zero-order chi connectivity index (χ0) is 24.9. The number of ether oxygens (including phenoxy) is 1. The Morgan fingerprint density at radius 3 is 2.17 bits per heavy atom. The Labute approximate surface area is 216 Å². The average molecular weight is 479 g/mol. The van der Waals surface area contributed by atoms with E-state index in [1.54, 1.807) is 0 Å². The minimum absolute atomic E-state index is 0.0345. The maximum atomic E-state index is 13.1. The molecule has 0 bridgehead atoms. The molecule has 0 radical (unpaired) electrons. The molecule has 3 aromatic carbocycles. The number of allylic oxidation sites excluding steroid dienone is 1. The van der Waals surface area contributed by atoms with Gasteiger partial charge in [0.15, 0.2) is 0 Å². The molecule has 2 aliphatic carbocycles. The molecule has 2 fully saturated rings. The summed E-state index contributed by atoms with van der Waals surface area (Å²) in [6, 6.07) is 28.9. The van der Waals surface area contributed by atoms with Gasteiger partial charge in [-0.15, -0.1) is 0 Å². The maximum absolute atomic E-state index is 13.1. The number of hydrogen-bond donors (Lipinski definition) is 0. The fourth-order valence-corrected chi connectivity index (χ4v) is 6.78. The number of carbonyl (C=O) groups excluding carboxylic acids is 1. The van der Waals surface area contributed by atoms with Crippen molar-refractivity contribution in [1.29, 1.82) is 0 Å². The summed E-state index contributed by atoms with van der Waals surface area (Å²) in [6.45, 7) is 6.55. The summed E-state index contributed by atoms with van der Waals surface area (Å²) in [5, 5.41) is 0. The molecule has 2 saturated carbocycles. The van der Waals surface area contributed by atoms with Gasteiger partial charge in [0.2, 0.25) is 0 Å². The van der Waals surface area contributed by atoms with Crippen LogP contribution in [0.15, 0.2) is 97.1 Å². The molecule has 0 heterocycles. The molecule has 0 aromatic heterocycles. The van der Waals surface area contributed by atoms with E-state index in [2.05, 4.69) is 56.0 Å². The van der Waals surface area contributed by atoms with Crippen molar-refractivity contribution >= 4 is 5.78 Å². The number of hydrogen-bond acceptors (Lipinski definition) is 2. The van der Waals surface area contributed by atoms with E-state index in [0.717, 1.165) is 29.9 Å². The van der Waals surface area contributed by atoms with Crippen LogP contribution in [-0.2, 0) is 4.79 Å². The monoisotopic (exact) mass is 478 g/mol. The molecule has 5 unspecified atom stereocenters. The molecule has 3 aromatic rings. The molecule has 2 aliphatic rings. The molecular formula is C34H38O2. The molecule has 36 heavy (non-hydrogen) atoms. The highest BCUT2D eigenvalue weighted by Gasteiger charge is 2.39. The lowest BCUT2D eigenvalue weighted by Gasteiger charge is -2.28. The van der Waals surface area contributed by atoms with Gasteiger partial charge in [0, 0.05) is 18.3 Å². The van der Waals surface area contributed by atoms with Crippen LogP contribution in [0.3, 0.4) is 0 Å². The topological polar surface area (TPSA) is 26.3 Å². The molecule has 0 amide bonds. The van der Waals surface area contributed by atoms with Crippen molar-refractivity contribution in [3.05, 3.63) is 108 Å². The van der Waals surface area contributed by atoms with Crippen LogP contribution in [0.4, 0.5) is 0 Å². The van der Waals surface area contributed by atoms with E-state index in [-0.39, 0.29) is 5.92 Å². The van der Waals surface area contributed by atoms with E-state index in [1.165, 1.54) is 43.2 Å². The molecule has 0 saturated heterocycles. The first kappa shape index (κ1) is 24.6. The molecule has 2 nitrogen and oxygen atoms in total. The summed E-state index contributed by atoms with van der Waals surface area (Å²) in [5.74, 6) is 4.36. The summed E-state index contributed by atoms with van der Waals surface area (Å²) in [7, 11) is 0. The third-order valence-corrected chi connectivity index (χ3v) is 8.54. The van der Waals surface area contributed by atoms with Crippen molar-refractivity contribution < 1.29 is 9.53 Å². The number of rotatable bonds is 7. The lowest BCUT2D eigenvalue weighted by atomic mass is 9.77. The zero-order valence-electron chi connectivity index (χ0n) is 21.4. The van der Waals surface area contributed by atoms with Crippen LogP contribution in [0.25, 0.3) is 0 Å². The predicted molar refractivity (Wildman–Crippen MR) is 147 cm³/mol. The van der Waals surface area contributed by atoms with Crippen molar-refractivity contribution in [2.24, 2.45) is 17.8 Å². The average Bonchev–Trinajstić information content (AvgIpc) is 3.12. The second-order valence-corrected chi connectivity index (χ2v) is 11.0. The fourth-order valence-electron chi connectivity index (χ4n) is 6.78. The van der Waals surface area contributed by atoms with Crippen LogP contribution in [0, 0.1) is 17.8 Å². The SMILES string of the molecule is C=C(C)C(c1ccccc1)C1CCCC(C2CC(=O)C(c3ccc(Oc4ccccc4)cc3)C2)CC1. The molecule has 2 heteroatoms. The Bertz CT molecular complexity index is 1150. The minimum atomic E-state index is 0.0345. The van der Waals surface area contributed by atoms with Gasteiger partial charge in [0.05, 0.1) is 0 Å². The Morgan fingerprint density at radius 1 is 0.806 bits per heavy atom. The van der Waals surface area contributed by atoms with Crippen molar-refractivity contribution in [2.75, 3.05) is 0 Å². The van der Waals surface area contributed by atoms with Gasteiger partial charge in [-0.3, -0.25) is 4.79 Å². The molecule has 186 valence electrons. The third-order valence-electron chi connectivity index (χ3n) is 8.54. The maximum Gasteiger partial charge on any atom is 0.140 e. The van der Waals surface area contributed by atoms with Crippen LogP contribution in [-0.4, -0.2) is 5.78 Å². The van der Waals surface area contributed by atoms with Crippen molar-refractivity contribution in [1.82, 2.24) is 0 Å². The normalized spacial score (nSPS) is 25.2. The van der Waals surface area contributed by atoms with E-state index in [4.69, 9.17) is 4.74 Å². The van der Waals surface area contributed by atoms with E-state index in [1.807, 2.05) is 42.5 Å². The van der Waals surface area contributed by atoms with Crippen LogP contribution in [0.1, 0.15) is 74.8 Å². The lowest BCUT2D eigenvalue weighted by molar-refractivity contribution is -0.118. The van der Waals surface area contributed by atoms with Crippen LogP contribution < -0.4 is 4.74 Å². The summed E-state index contributed by atoms with van der Waals surface area (Å²) in [5.41, 5.74) is 3.82. The van der Waals surface area contributed by atoms with Gasteiger partial charge in [0.1, 0.15) is 17.3 Å². The summed E-state index contributed by atoms with van der Waals surface area (Å²) >= 11 is 0. The Balaban J connectivity index is 1.21. The predicted octanol–water partition coefficient (Wildman–Crippen LogP) is 9.10. The van der Waals surface area contributed by atoms with Gasteiger partial charge in [0.25, 0.3) is 0 Å². The summed E-state index contributed by atoms with van der Waals surface area (Å²) in [4.78, 5) is 13.1. The van der Waals surface area contributed by atoms with Gasteiger partial charge >= 0.3 is 0 Å². The minimum Gasteiger partial charge on any atom is -0.457 e. The van der Waals surface area contributed by atoms with Gasteiger partial charge in [-0.25, -0.2) is 0 Å². The lowest BCUT2D eigenvalue weighted by Crippen LogP contribution is -2.15. The van der Waals surface area contributed by atoms with E-state index in [0.29, 0.717) is 29.5 Å². The first-order valence-electron chi connectivity index (χ1n) is 13.6. The highest BCUT2D eigenvalue weighted by atomic mass is 16.5. The fraction of sp³-hybridized carbons (Fsp3) is 0.382. The van der Waals surface area contributed by atoms with Crippen LogP contribution >= 0.6 is 0 Å². The van der Waals surface area contributed by atoms with Crippen LogP contribution in [0.2, 0.25) is 0 Å². The van der Waals surface area contributed by atoms with Gasteiger partial charge in [-0.2, -0.15) is 0 Å². The van der Waals surface area contributed by atoms with Crippen LogP contribution in [0.5, 0.6) is 11.5 Å². The standard InChI is InChI=1S/C34H38O2/c1-24(2)34(27-10-5-3-6-11-27)28-13-9-12-25(16-17-28)29-22-32(33(35)23-29)26-18-20-31(21-19-26)36-30-14-7-4-8-15-30/h3-8,10-11,14-15,18-21,25,28-29,32,34H,1,9,12-13,16-17,22-23H2,2H3. The number of para-hydroxylation sites is 1. The molecular weight excluding hydrogens is 440 g/mol. The highest BCUT2D eigenvalue weighted by molar-refractivity contribution is 5.88. The van der Waals surface area contributed by atoms with Gasteiger partial charge in [-0.05, 0) is 85.8 Å². The Morgan fingerprint density at radius 2 is 1.47 bits per heavy atom. The largest absolute Gasteiger partial charge is 0.457 e. The molecule has 5 rings (SSSR count). The van der Waals surface area contributed by atoms with Crippen molar-refractivity contribution in [3.63, 3.8) is 0 Å². The first-order chi connectivity index (χ1) is 17.6. The third kappa shape index (κ3) is 5.64. The molecule has 0 aliphatic heterocycles. The molecule has 0 spiro atoms. The second kappa shape index (κ2) is 11.3. The molecule has 0 N–H and O–H groups in total. The number of benzene rings is 3. The Hall–Kier alpha value is -3.13. The number of Topliss-reactive ketones (excluding diaryl/α,β-unsaturated/α-hetero) is 1. The van der Waals surface area contributed by atoms with Gasteiger partial charge in [-0.1, -0.05) is 85.7 Å². The number of ketones is 1. The van der Waals surface area contributed by atoms with Crippen molar-refractivity contribution in [3.8, 4) is 11.5 Å². The van der Waals surface area contributed by atoms with E-state index >= 15 is 0 Å². The molecule has 5 atom stereocenters. The van der Waals surface area contributed by atoms with E-state index < -0.39 is 0 Å². The Kier molecular flexibility index (Phi) is 7.70. The van der Waals surface area contributed by atoms with Gasteiger partial charge < -0.3 is 4.74 Å². The summed E-state index contributed by atoms with van der Waals surface area (Å²) in [6.07, 6.45) is 7.97. The quantitative estimate of drug-likeness (QED) is 0.250.